The van der Waals surface area contributed by atoms with Crippen molar-refractivity contribution in [2.24, 2.45) is 0 Å². The molecule has 4 aromatic rings. The SMILES string of the molecule is [B]CCn1c(=O)n(Cc2csc3cccc(C)c23)c2ccccc21. The zero-order valence-electron chi connectivity index (χ0n) is 13.5. The van der Waals surface area contributed by atoms with Crippen molar-refractivity contribution in [2.45, 2.75) is 26.3 Å². The Bertz CT molecular complexity index is 1090. The van der Waals surface area contributed by atoms with E-state index < -0.39 is 0 Å². The van der Waals surface area contributed by atoms with Gasteiger partial charge in [0.2, 0.25) is 0 Å². The lowest BCUT2D eigenvalue weighted by atomic mass is 10.1. The molecule has 0 bridgehead atoms. The molecule has 2 heterocycles. The lowest BCUT2D eigenvalue weighted by Crippen LogP contribution is -2.24. The maximum Gasteiger partial charge on any atom is 0.329 e. The van der Waals surface area contributed by atoms with Gasteiger partial charge in [-0.15, -0.1) is 11.3 Å². The van der Waals surface area contributed by atoms with Crippen molar-refractivity contribution in [2.75, 3.05) is 0 Å². The predicted octanol–water partition coefficient (Wildman–Crippen LogP) is 3.96. The first-order chi connectivity index (χ1) is 11.7. The Morgan fingerprint density at radius 3 is 2.54 bits per heavy atom. The van der Waals surface area contributed by atoms with Crippen LogP contribution in [0.1, 0.15) is 11.1 Å². The van der Waals surface area contributed by atoms with Gasteiger partial charge in [0.05, 0.1) is 25.4 Å². The van der Waals surface area contributed by atoms with Gasteiger partial charge in [0.15, 0.2) is 0 Å². The summed E-state index contributed by atoms with van der Waals surface area (Å²) < 4.78 is 4.90. The largest absolute Gasteiger partial charge is 0.329 e. The van der Waals surface area contributed by atoms with Gasteiger partial charge in [-0.25, -0.2) is 4.79 Å². The molecule has 0 amide bonds. The second kappa shape index (κ2) is 5.98. The highest BCUT2D eigenvalue weighted by Gasteiger charge is 2.14. The lowest BCUT2D eigenvalue weighted by Gasteiger charge is -2.04. The van der Waals surface area contributed by atoms with Gasteiger partial charge in [0.25, 0.3) is 0 Å². The summed E-state index contributed by atoms with van der Waals surface area (Å²) in [6.45, 7) is 3.25. The van der Waals surface area contributed by atoms with Crippen LogP contribution in [0.15, 0.2) is 52.6 Å². The first-order valence-electron chi connectivity index (χ1n) is 8.04. The Kier molecular flexibility index (Phi) is 3.81. The van der Waals surface area contributed by atoms with Crippen LogP contribution in [-0.2, 0) is 13.1 Å². The van der Waals surface area contributed by atoms with E-state index in [4.69, 9.17) is 7.85 Å². The summed E-state index contributed by atoms with van der Waals surface area (Å²) in [4.78, 5) is 12.9. The van der Waals surface area contributed by atoms with Gasteiger partial charge in [-0.3, -0.25) is 9.13 Å². The molecular weight excluding hydrogens is 315 g/mol. The first kappa shape index (κ1) is 15.3. The number of benzene rings is 2. The van der Waals surface area contributed by atoms with Gasteiger partial charge >= 0.3 is 5.69 Å². The molecular formula is C19H17BN2OS. The van der Waals surface area contributed by atoms with E-state index in [9.17, 15) is 4.79 Å². The summed E-state index contributed by atoms with van der Waals surface area (Å²) in [5.41, 5.74) is 4.37. The molecule has 2 radical (unpaired) electrons. The van der Waals surface area contributed by atoms with E-state index in [0.29, 0.717) is 19.4 Å². The van der Waals surface area contributed by atoms with Crippen LogP contribution < -0.4 is 5.69 Å². The molecule has 2 aromatic carbocycles. The summed E-state index contributed by atoms with van der Waals surface area (Å²) in [5, 5.41) is 3.43. The number of aromatic nitrogens is 2. The molecule has 0 saturated heterocycles. The minimum absolute atomic E-state index is 0.00887. The lowest BCUT2D eigenvalue weighted by molar-refractivity contribution is 0.686. The van der Waals surface area contributed by atoms with Crippen molar-refractivity contribution in [3.8, 4) is 0 Å². The summed E-state index contributed by atoms with van der Waals surface area (Å²) in [6.07, 6.45) is 0.453. The molecule has 118 valence electrons. The molecule has 0 spiro atoms. The van der Waals surface area contributed by atoms with E-state index >= 15 is 0 Å². The van der Waals surface area contributed by atoms with Crippen molar-refractivity contribution >= 4 is 40.3 Å². The van der Waals surface area contributed by atoms with Gasteiger partial charge < -0.3 is 0 Å². The number of thiophene rings is 1. The van der Waals surface area contributed by atoms with Crippen LogP contribution in [0.5, 0.6) is 0 Å². The number of nitrogens with zero attached hydrogens (tertiary/aromatic N) is 2. The van der Waals surface area contributed by atoms with Crippen molar-refractivity contribution in [1.29, 1.82) is 0 Å². The Labute approximate surface area is 145 Å². The van der Waals surface area contributed by atoms with E-state index in [2.05, 4.69) is 30.5 Å². The topological polar surface area (TPSA) is 26.9 Å². The molecule has 0 aliphatic rings. The van der Waals surface area contributed by atoms with Gasteiger partial charge in [0, 0.05) is 16.6 Å². The van der Waals surface area contributed by atoms with Gasteiger partial charge in [-0.05, 0) is 41.6 Å². The average Bonchev–Trinajstić information content (AvgIpc) is 3.11. The number of aryl methyl sites for hydroxylation is 2. The van der Waals surface area contributed by atoms with Crippen molar-refractivity contribution in [3.05, 3.63) is 69.5 Å². The smallest absolute Gasteiger partial charge is 0.293 e. The normalized spacial score (nSPS) is 11.5. The maximum absolute atomic E-state index is 12.9. The molecule has 0 saturated carbocycles. The molecule has 0 atom stereocenters. The minimum atomic E-state index is 0.00887. The third kappa shape index (κ3) is 2.31. The van der Waals surface area contributed by atoms with Crippen LogP contribution >= 0.6 is 11.3 Å². The number of hydrogen-bond acceptors (Lipinski definition) is 2. The third-order valence-electron chi connectivity index (χ3n) is 4.49. The fraction of sp³-hybridized carbons (Fsp3) is 0.211. The third-order valence-corrected chi connectivity index (χ3v) is 5.49. The summed E-state index contributed by atoms with van der Waals surface area (Å²) in [7, 11) is 5.69. The molecule has 5 heteroatoms. The van der Waals surface area contributed by atoms with Crippen LogP contribution in [0.25, 0.3) is 21.1 Å². The Hall–Kier alpha value is -2.27. The standard InChI is InChI=1S/C19H17BN2OS/c1-13-5-4-8-17-18(13)14(12-24-17)11-22-16-7-3-2-6-15(16)21(10-9-20)19(22)23/h2-8,12H,9-11H2,1H3. The summed E-state index contributed by atoms with van der Waals surface area (Å²) in [5.74, 6) is 0. The summed E-state index contributed by atoms with van der Waals surface area (Å²) >= 11 is 1.73. The van der Waals surface area contributed by atoms with Gasteiger partial charge in [0.1, 0.15) is 0 Å². The Balaban J connectivity index is 1.91. The molecule has 24 heavy (non-hydrogen) atoms. The van der Waals surface area contributed by atoms with Crippen molar-refractivity contribution in [1.82, 2.24) is 9.13 Å². The number of rotatable bonds is 4. The molecule has 0 N–H and O–H groups in total. The molecule has 0 aliphatic heterocycles. The zero-order valence-corrected chi connectivity index (χ0v) is 14.3. The zero-order chi connectivity index (χ0) is 16.7. The van der Waals surface area contributed by atoms with Crippen LogP contribution in [0, 0.1) is 6.92 Å². The Morgan fingerprint density at radius 2 is 1.79 bits per heavy atom. The van der Waals surface area contributed by atoms with Crippen LogP contribution in [0.3, 0.4) is 0 Å². The number of imidazole rings is 1. The molecule has 0 unspecified atom stereocenters. The molecule has 0 fully saturated rings. The maximum atomic E-state index is 12.9. The minimum Gasteiger partial charge on any atom is -0.293 e. The fourth-order valence-corrected chi connectivity index (χ4v) is 4.43. The average molecular weight is 332 g/mol. The monoisotopic (exact) mass is 332 g/mol. The van der Waals surface area contributed by atoms with Crippen LogP contribution in [-0.4, -0.2) is 17.0 Å². The highest BCUT2D eigenvalue weighted by Crippen LogP contribution is 2.29. The second-order valence-corrected chi connectivity index (χ2v) is 6.92. The number of fused-ring (bicyclic) bond motifs is 2. The number of hydrogen-bond donors (Lipinski definition) is 0. The van der Waals surface area contributed by atoms with Crippen LogP contribution in [0.2, 0.25) is 6.32 Å². The van der Waals surface area contributed by atoms with Crippen molar-refractivity contribution < 1.29 is 0 Å². The molecule has 3 nitrogen and oxygen atoms in total. The predicted molar refractivity (Wildman–Crippen MR) is 102 cm³/mol. The van der Waals surface area contributed by atoms with Gasteiger partial charge in [-0.1, -0.05) is 30.6 Å². The van der Waals surface area contributed by atoms with E-state index in [1.54, 1.807) is 15.9 Å². The molecule has 2 aromatic heterocycles. The first-order valence-corrected chi connectivity index (χ1v) is 8.92. The quantitative estimate of drug-likeness (QED) is 0.520. The fourth-order valence-electron chi connectivity index (χ4n) is 3.40. The van der Waals surface area contributed by atoms with E-state index in [0.717, 1.165) is 11.0 Å². The van der Waals surface area contributed by atoms with E-state index in [1.165, 1.54) is 21.2 Å². The Morgan fingerprint density at radius 1 is 1.04 bits per heavy atom. The molecule has 0 aliphatic carbocycles. The van der Waals surface area contributed by atoms with Crippen molar-refractivity contribution in [3.63, 3.8) is 0 Å². The van der Waals surface area contributed by atoms with Gasteiger partial charge in [-0.2, -0.15) is 0 Å². The highest BCUT2D eigenvalue weighted by molar-refractivity contribution is 7.17. The summed E-state index contributed by atoms with van der Waals surface area (Å²) in [6, 6.07) is 14.3. The second-order valence-electron chi connectivity index (χ2n) is 6.01. The highest BCUT2D eigenvalue weighted by atomic mass is 32.1. The van der Waals surface area contributed by atoms with Crippen LogP contribution in [0.4, 0.5) is 0 Å². The molecule has 4 rings (SSSR count). The number of para-hydroxylation sites is 2. The van der Waals surface area contributed by atoms with E-state index in [-0.39, 0.29) is 5.69 Å². The van der Waals surface area contributed by atoms with E-state index in [1.807, 2.05) is 28.8 Å².